The molecule has 1 rings (SSSR count). The highest BCUT2D eigenvalue weighted by Crippen LogP contribution is 2.62. The molecule has 6 nitrogen and oxygen atoms in total. The lowest BCUT2D eigenvalue weighted by Crippen LogP contribution is -2.59. The van der Waals surface area contributed by atoms with E-state index in [4.69, 9.17) is 26.7 Å². The minimum absolute atomic E-state index is 0.386. The van der Waals surface area contributed by atoms with Crippen molar-refractivity contribution in [3.63, 3.8) is 0 Å². The monoisotopic (exact) mass is 730 g/mol. The summed E-state index contributed by atoms with van der Waals surface area (Å²) >= 11 is 7.90. The van der Waals surface area contributed by atoms with E-state index in [1.807, 2.05) is 11.0 Å². The molecule has 32 heavy (non-hydrogen) atoms. The van der Waals surface area contributed by atoms with Crippen molar-refractivity contribution < 1.29 is 26.7 Å². The van der Waals surface area contributed by atoms with Crippen LogP contribution in [-0.4, -0.2) is 70.9 Å². The second-order valence-corrected chi connectivity index (χ2v) is 37.3. The summed E-state index contributed by atoms with van der Waals surface area (Å²) in [6.45, 7) is 11.8. The summed E-state index contributed by atoms with van der Waals surface area (Å²) in [5.74, 6) is 0. The number of ether oxygens (including phenoxy) is 1. The topological polar surface area (TPSA) is 55.4 Å². The van der Waals surface area contributed by atoms with Crippen molar-refractivity contribution >= 4 is 135 Å². The van der Waals surface area contributed by atoms with Crippen molar-refractivity contribution in [2.45, 2.75) is 30.9 Å². The van der Waals surface area contributed by atoms with Gasteiger partial charge in [-0.05, 0) is 53.6 Å². The van der Waals surface area contributed by atoms with E-state index in [1.165, 1.54) is 23.3 Å². The highest BCUT2D eigenvalue weighted by molar-refractivity contribution is 8.81. The molecule has 0 aromatic carbocycles. The molecule has 1 saturated heterocycles. The molecule has 0 N–H and O–H groups in total. The first-order valence-electron chi connectivity index (χ1n) is 8.71. The van der Waals surface area contributed by atoms with Crippen molar-refractivity contribution in [2.75, 3.05) is 40.0 Å². The van der Waals surface area contributed by atoms with Gasteiger partial charge in [0.2, 0.25) is 6.29 Å². The van der Waals surface area contributed by atoms with E-state index in [-0.39, 0.29) is 6.10 Å². The molecule has 192 valence electrons. The van der Waals surface area contributed by atoms with Gasteiger partial charge in [0, 0.05) is 23.3 Å². The van der Waals surface area contributed by atoms with Crippen LogP contribution in [0.5, 0.6) is 0 Å². The third-order valence-electron chi connectivity index (χ3n) is 3.29. The fourth-order valence-corrected chi connectivity index (χ4v) is 12.9. The van der Waals surface area contributed by atoms with Crippen LogP contribution in [0.4, 0.5) is 0 Å². The molecular formula is C11H32O6P10S5. The van der Waals surface area contributed by atoms with E-state index in [9.17, 15) is 0 Å². The van der Waals surface area contributed by atoms with Crippen molar-refractivity contribution in [1.82, 2.24) is 0 Å². The maximum atomic E-state index is 6.54. The zero-order valence-electron chi connectivity index (χ0n) is 18.4. The molecule has 15 atom stereocenters. The Morgan fingerprint density at radius 3 is 1.75 bits per heavy atom. The van der Waals surface area contributed by atoms with Crippen molar-refractivity contribution in [3.05, 3.63) is 0 Å². The SMILES string of the molecule is CPSP(C)OC1O[C@H](OSP(C)P)[C@H](OSP(C)P)C(OP(C)SP)[C@@H]1OP(C)SP. The average molecular weight is 730 g/mol. The van der Waals surface area contributed by atoms with Crippen LogP contribution in [0.25, 0.3) is 0 Å². The summed E-state index contributed by atoms with van der Waals surface area (Å²) in [4.78, 5) is 0. The van der Waals surface area contributed by atoms with Gasteiger partial charge in [-0.1, -0.05) is 75.5 Å². The van der Waals surface area contributed by atoms with E-state index in [1.54, 1.807) is 22.0 Å². The zero-order chi connectivity index (χ0) is 24.3. The van der Waals surface area contributed by atoms with E-state index in [2.05, 4.69) is 74.7 Å². The Kier molecular flexibility index (Phi) is 23.1. The third kappa shape index (κ3) is 14.4. The molecule has 1 aliphatic rings. The van der Waals surface area contributed by atoms with Gasteiger partial charge in [0.1, 0.15) is 12.2 Å². The molecule has 0 aliphatic carbocycles. The molecule has 1 fully saturated rings. The van der Waals surface area contributed by atoms with Gasteiger partial charge in [0.15, 0.2) is 12.4 Å². The maximum absolute atomic E-state index is 6.54. The average Bonchev–Trinajstić information content (AvgIpc) is 2.73. The first-order chi connectivity index (χ1) is 15.1. The van der Waals surface area contributed by atoms with E-state index in [0.717, 1.165) is 7.78 Å². The van der Waals surface area contributed by atoms with Gasteiger partial charge in [0.25, 0.3) is 0 Å². The zero-order valence-corrected chi connectivity index (χ0v) is 32.6. The molecule has 1 heterocycles. The highest BCUT2D eigenvalue weighted by atomic mass is 33.1. The van der Waals surface area contributed by atoms with Crippen LogP contribution in [-0.2, 0) is 26.7 Å². The highest BCUT2D eigenvalue weighted by Gasteiger charge is 2.52. The van der Waals surface area contributed by atoms with Crippen molar-refractivity contribution in [2.24, 2.45) is 0 Å². The van der Waals surface area contributed by atoms with Crippen LogP contribution in [0.15, 0.2) is 0 Å². The molecule has 0 radical (unpaired) electrons. The molecule has 0 saturated carbocycles. The molecule has 0 aromatic rings. The molecule has 0 spiro atoms. The van der Waals surface area contributed by atoms with Gasteiger partial charge in [-0.3, -0.25) is 8.37 Å². The third-order valence-corrected chi connectivity index (χ3v) is 23.6. The Labute approximate surface area is 230 Å². The van der Waals surface area contributed by atoms with Crippen LogP contribution in [0, 0.1) is 0 Å². The fraction of sp³-hybridized carbons (Fsp3) is 1.00. The molecule has 0 amide bonds. The quantitative estimate of drug-likeness (QED) is 0.113. The number of hydrogen-bond donors (Lipinski definition) is 0. The summed E-state index contributed by atoms with van der Waals surface area (Å²) in [6.07, 6.45) is -2.49. The van der Waals surface area contributed by atoms with E-state index < -0.39 is 60.5 Å². The Bertz CT molecular complexity index is 511. The van der Waals surface area contributed by atoms with Crippen LogP contribution in [0.3, 0.4) is 0 Å². The van der Waals surface area contributed by atoms with Gasteiger partial charge >= 0.3 is 0 Å². The number of rotatable bonds is 16. The molecule has 1 aliphatic heterocycles. The standard InChI is InChI=1S/C11H32O6P10S5/c1-22-32-25(4)15-10-8(14-24(3)31-21)7(13-23(2)30-20)9(16-28-26(5)18)11(12-10)17-29-27(6)19/h7-11,22H,18-21H2,1-6H3/t7?,8-,9+,10?,11+,23?,24?,25?,26?,27?/m0/s1. The smallest absolute Gasteiger partial charge is 0.204 e. The summed E-state index contributed by atoms with van der Waals surface area (Å²) in [5, 5.41) is 0. The second kappa shape index (κ2) is 20.7. The predicted molar refractivity (Wildman–Crippen MR) is 181 cm³/mol. The van der Waals surface area contributed by atoms with E-state index >= 15 is 0 Å². The van der Waals surface area contributed by atoms with Gasteiger partial charge in [0.05, 0.1) is 22.1 Å². The fourth-order valence-electron chi connectivity index (χ4n) is 2.19. The normalized spacial score (nSPS) is 31.5. The Hall–Kier alpha value is 5.81. The summed E-state index contributed by atoms with van der Waals surface area (Å²) in [5.41, 5.74) is 0. The minimum atomic E-state index is -0.763. The lowest BCUT2D eigenvalue weighted by Gasteiger charge is -2.46. The molecule has 0 bridgehead atoms. The molecule has 0 aromatic heterocycles. The first kappa shape index (κ1) is 35.8. The lowest BCUT2D eigenvalue weighted by atomic mass is 10.0. The van der Waals surface area contributed by atoms with Crippen LogP contribution in [0.2, 0.25) is 0 Å². The molecule has 12 unspecified atom stereocenters. The first-order valence-corrected chi connectivity index (χ1v) is 32.8. The Balaban J connectivity index is 3.29. The van der Waals surface area contributed by atoms with Crippen molar-refractivity contribution in [1.29, 1.82) is 0 Å². The Morgan fingerprint density at radius 1 is 0.719 bits per heavy atom. The molecular weight excluding hydrogens is 698 g/mol. The van der Waals surface area contributed by atoms with Crippen molar-refractivity contribution in [3.8, 4) is 0 Å². The van der Waals surface area contributed by atoms with Gasteiger partial charge in [-0.2, -0.15) is 0 Å². The van der Waals surface area contributed by atoms with Gasteiger partial charge in [-0.15, -0.1) is 0 Å². The second-order valence-electron chi connectivity index (χ2n) is 5.84. The van der Waals surface area contributed by atoms with Crippen LogP contribution >= 0.6 is 135 Å². The predicted octanol–water partition coefficient (Wildman–Crippen LogP) is 9.62. The lowest BCUT2D eigenvalue weighted by molar-refractivity contribution is -0.291. The number of hydrogen-bond acceptors (Lipinski definition) is 11. The summed E-state index contributed by atoms with van der Waals surface area (Å²) in [6, 6.07) is 0. The van der Waals surface area contributed by atoms with Crippen LogP contribution in [0.1, 0.15) is 0 Å². The van der Waals surface area contributed by atoms with Gasteiger partial charge < -0.3 is 18.3 Å². The summed E-state index contributed by atoms with van der Waals surface area (Å²) in [7, 11) is 9.46. The largest absolute Gasteiger partial charge is 0.339 e. The molecule has 21 heteroatoms. The maximum Gasteiger partial charge on any atom is 0.204 e. The minimum Gasteiger partial charge on any atom is -0.339 e. The Morgan fingerprint density at radius 2 is 1.25 bits per heavy atom. The van der Waals surface area contributed by atoms with E-state index in [0.29, 0.717) is 0 Å². The van der Waals surface area contributed by atoms with Gasteiger partial charge in [-0.25, -0.2) is 0 Å². The summed E-state index contributed by atoms with van der Waals surface area (Å²) < 4.78 is 38.2. The van der Waals surface area contributed by atoms with Crippen LogP contribution < -0.4 is 0 Å².